The lowest BCUT2D eigenvalue weighted by Gasteiger charge is -2.29. The molecule has 6 nitrogen and oxygen atoms in total. The molecule has 1 saturated carbocycles. The highest BCUT2D eigenvalue weighted by Gasteiger charge is 2.47. The third-order valence-corrected chi connectivity index (χ3v) is 4.72. The van der Waals surface area contributed by atoms with E-state index in [-0.39, 0.29) is 12.4 Å². The van der Waals surface area contributed by atoms with Crippen molar-refractivity contribution in [2.75, 3.05) is 33.0 Å². The number of carbonyl (C=O) groups excluding carboxylic acids is 1. The molecule has 25 heavy (non-hydrogen) atoms. The van der Waals surface area contributed by atoms with Crippen LogP contribution in [0.25, 0.3) is 0 Å². The van der Waals surface area contributed by atoms with E-state index in [9.17, 15) is 4.79 Å². The lowest BCUT2D eigenvalue weighted by Crippen LogP contribution is -2.35. The molecule has 1 aromatic rings. The van der Waals surface area contributed by atoms with Crippen molar-refractivity contribution < 1.29 is 28.5 Å². The van der Waals surface area contributed by atoms with Gasteiger partial charge in [-0.2, -0.15) is 0 Å². The summed E-state index contributed by atoms with van der Waals surface area (Å²) in [6.07, 6.45) is 3.59. The van der Waals surface area contributed by atoms with Gasteiger partial charge < -0.3 is 23.7 Å². The molecule has 2 aliphatic rings. The van der Waals surface area contributed by atoms with Gasteiger partial charge in [0.25, 0.3) is 0 Å². The minimum absolute atomic E-state index is 0.167. The third-order valence-electron chi connectivity index (χ3n) is 4.72. The summed E-state index contributed by atoms with van der Waals surface area (Å²) in [6, 6.07) is 8.03. The van der Waals surface area contributed by atoms with Crippen molar-refractivity contribution >= 4 is 6.16 Å². The van der Waals surface area contributed by atoms with Crippen LogP contribution >= 0.6 is 0 Å². The van der Waals surface area contributed by atoms with Crippen LogP contribution in [-0.4, -0.2) is 45.0 Å². The standard InChI is InChI=1S/C19H26O6/c1-2-21-18(20)23-11-10-22-17-7-5-15(6-8-17)14-16-4-3-9-19(16)24-12-13-25-19/h5-8,16H,2-4,9-14H2,1H3. The molecule has 6 heteroatoms. The average molecular weight is 350 g/mol. The van der Waals surface area contributed by atoms with E-state index < -0.39 is 6.16 Å². The highest BCUT2D eigenvalue weighted by Crippen LogP contribution is 2.43. The molecule has 1 atom stereocenters. The Hall–Kier alpha value is -1.79. The Kier molecular flexibility index (Phi) is 6.15. The predicted octanol–water partition coefficient (Wildman–Crippen LogP) is 3.32. The number of hydrogen-bond acceptors (Lipinski definition) is 6. The van der Waals surface area contributed by atoms with Crippen LogP contribution in [0.5, 0.6) is 5.75 Å². The first kappa shape index (κ1) is 18.0. The third kappa shape index (κ3) is 4.64. The van der Waals surface area contributed by atoms with Crippen molar-refractivity contribution in [2.45, 2.75) is 38.4 Å². The highest BCUT2D eigenvalue weighted by atomic mass is 16.7. The molecule has 3 rings (SSSR count). The first-order valence-electron chi connectivity index (χ1n) is 9.01. The number of hydrogen-bond donors (Lipinski definition) is 0. The van der Waals surface area contributed by atoms with E-state index in [1.54, 1.807) is 6.92 Å². The van der Waals surface area contributed by atoms with Crippen LogP contribution in [0, 0.1) is 5.92 Å². The molecule has 1 heterocycles. The fourth-order valence-electron chi connectivity index (χ4n) is 3.58. The highest BCUT2D eigenvalue weighted by molar-refractivity contribution is 5.59. The first-order valence-corrected chi connectivity index (χ1v) is 9.01. The van der Waals surface area contributed by atoms with Crippen LogP contribution in [0.15, 0.2) is 24.3 Å². The second kappa shape index (κ2) is 8.54. The maximum absolute atomic E-state index is 11.0. The van der Waals surface area contributed by atoms with E-state index in [1.165, 1.54) is 5.56 Å². The number of rotatable bonds is 7. The number of ether oxygens (including phenoxy) is 5. The topological polar surface area (TPSA) is 63.2 Å². The summed E-state index contributed by atoms with van der Waals surface area (Å²) in [5.41, 5.74) is 1.25. The zero-order valence-electron chi connectivity index (χ0n) is 14.7. The zero-order valence-corrected chi connectivity index (χ0v) is 14.7. The molecule has 1 aromatic carbocycles. The Balaban J connectivity index is 1.44. The van der Waals surface area contributed by atoms with Crippen LogP contribution in [-0.2, 0) is 25.4 Å². The molecule has 138 valence electrons. The van der Waals surface area contributed by atoms with E-state index in [4.69, 9.17) is 18.9 Å². The fraction of sp³-hybridized carbons (Fsp3) is 0.632. The normalized spacial score (nSPS) is 21.4. The Morgan fingerprint density at radius 3 is 2.64 bits per heavy atom. The first-order chi connectivity index (χ1) is 12.2. The molecule has 1 aliphatic heterocycles. The second-order valence-corrected chi connectivity index (χ2v) is 6.33. The lowest BCUT2D eigenvalue weighted by molar-refractivity contribution is -0.180. The Bertz CT molecular complexity index is 544. The van der Waals surface area contributed by atoms with E-state index in [1.807, 2.05) is 12.1 Å². The summed E-state index contributed by atoms with van der Waals surface area (Å²) in [4.78, 5) is 11.0. The van der Waals surface area contributed by atoms with Crippen molar-refractivity contribution in [2.24, 2.45) is 5.92 Å². The molecule has 0 aromatic heterocycles. The van der Waals surface area contributed by atoms with Crippen LogP contribution in [0.4, 0.5) is 4.79 Å². The Labute approximate surface area is 148 Å². The van der Waals surface area contributed by atoms with Gasteiger partial charge in [-0.3, -0.25) is 0 Å². The van der Waals surface area contributed by atoms with Gasteiger partial charge in [-0.15, -0.1) is 0 Å². The van der Waals surface area contributed by atoms with Crippen molar-refractivity contribution in [1.29, 1.82) is 0 Å². The molecule has 0 N–H and O–H groups in total. The van der Waals surface area contributed by atoms with Gasteiger partial charge >= 0.3 is 6.16 Å². The van der Waals surface area contributed by atoms with E-state index in [2.05, 4.69) is 16.9 Å². The van der Waals surface area contributed by atoms with Gasteiger partial charge in [0.15, 0.2) is 5.79 Å². The molecule has 1 aliphatic carbocycles. The van der Waals surface area contributed by atoms with Gasteiger partial charge in [-0.05, 0) is 43.9 Å². The second-order valence-electron chi connectivity index (χ2n) is 6.33. The minimum Gasteiger partial charge on any atom is -0.490 e. The average Bonchev–Trinajstić information content (AvgIpc) is 3.24. The van der Waals surface area contributed by atoms with Gasteiger partial charge in [-0.1, -0.05) is 12.1 Å². The smallest absolute Gasteiger partial charge is 0.490 e. The summed E-state index contributed by atoms with van der Waals surface area (Å²) >= 11 is 0. The number of benzene rings is 1. The van der Waals surface area contributed by atoms with Gasteiger partial charge in [0, 0.05) is 12.3 Å². The maximum Gasteiger partial charge on any atom is 0.508 e. The predicted molar refractivity (Wildman–Crippen MR) is 90.6 cm³/mol. The molecular weight excluding hydrogens is 324 g/mol. The van der Waals surface area contributed by atoms with E-state index in [0.717, 1.165) is 31.4 Å². The van der Waals surface area contributed by atoms with Crippen LogP contribution in [0.2, 0.25) is 0 Å². The van der Waals surface area contributed by atoms with E-state index >= 15 is 0 Å². The van der Waals surface area contributed by atoms with Gasteiger partial charge in [0.05, 0.1) is 19.8 Å². The van der Waals surface area contributed by atoms with Crippen molar-refractivity contribution in [3.63, 3.8) is 0 Å². The quantitative estimate of drug-likeness (QED) is 0.555. The Morgan fingerprint density at radius 1 is 1.16 bits per heavy atom. The van der Waals surface area contributed by atoms with Crippen LogP contribution in [0.3, 0.4) is 0 Å². The summed E-state index contributed by atoms with van der Waals surface area (Å²) in [6.45, 7) is 3.91. The SMILES string of the molecule is CCOC(=O)OCCOc1ccc(CC2CCCC23OCCO3)cc1. The van der Waals surface area contributed by atoms with E-state index in [0.29, 0.717) is 32.3 Å². The monoisotopic (exact) mass is 350 g/mol. The van der Waals surface area contributed by atoms with Crippen molar-refractivity contribution in [3.05, 3.63) is 29.8 Å². The molecule has 0 radical (unpaired) electrons. The van der Waals surface area contributed by atoms with Gasteiger partial charge in [-0.25, -0.2) is 4.79 Å². The lowest BCUT2D eigenvalue weighted by atomic mass is 9.93. The van der Waals surface area contributed by atoms with Crippen molar-refractivity contribution in [3.8, 4) is 5.75 Å². The molecular formula is C19H26O6. The molecule has 0 bridgehead atoms. The maximum atomic E-state index is 11.0. The zero-order chi connectivity index (χ0) is 17.5. The fourth-order valence-corrected chi connectivity index (χ4v) is 3.58. The Morgan fingerprint density at radius 2 is 1.92 bits per heavy atom. The number of carbonyl (C=O) groups is 1. The summed E-state index contributed by atoms with van der Waals surface area (Å²) in [7, 11) is 0. The molecule has 0 amide bonds. The molecule has 1 unspecified atom stereocenters. The molecule has 1 spiro atoms. The summed E-state index contributed by atoms with van der Waals surface area (Å²) in [5, 5.41) is 0. The van der Waals surface area contributed by atoms with Crippen LogP contribution in [0.1, 0.15) is 31.7 Å². The van der Waals surface area contributed by atoms with Crippen molar-refractivity contribution in [1.82, 2.24) is 0 Å². The molecule has 1 saturated heterocycles. The minimum atomic E-state index is -0.664. The molecule has 2 fully saturated rings. The largest absolute Gasteiger partial charge is 0.508 e. The summed E-state index contributed by atoms with van der Waals surface area (Å²) in [5.74, 6) is 0.824. The summed E-state index contributed by atoms with van der Waals surface area (Å²) < 4.78 is 26.9. The van der Waals surface area contributed by atoms with Crippen LogP contribution < -0.4 is 4.74 Å². The van der Waals surface area contributed by atoms with Gasteiger partial charge in [0.2, 0.25) is 0 Å². The van der Waals surface area contributed by atoms with Gasteiger partial charge in [0.1, 0.15) is 19.0 Å².